The molecule has 0 saturated carbocycles. The van der Waals surface area contributed by atoms with E-state index in [9.17, 15) is 18.0 Å². The lowest BCUT2D eigenvalue weighted by Crippen LogP contribution is -2.45. The summed E-state index contributed by atoms with van der Waals surface area (Å²) in [5, 5.41) is 0. The summed E-state index contributed by atoms with van der Waals surface area (Å²) in [5.74, 6) is -1.01. The van der Waals surface area contributed by atoms with Crippen molar-refractivity contribution >= 4 is 21.9 Å². The first kappa shape index (κ1) is 21.4. The van der Waals surface area contributed by atoms with Crippen LogP contribution in [0, 0.1) is 13.8 Å². The van der Waals surface area contributed by atoms with E-state index in [0.717, 1.165) is 36.8 Å². The fraction of sp³-hybridized carbons (Fsp3) is 0.579. The quantitative estimate of drug-likeness (QED) is 0.711. The third-order valence-electron chi connectivity index (χ3n) is 4.97. The minimum Gasteiger partial charge on any atom is -0.455 e. The average molecular weight is 397 g/mol. The first-order chi connectivity index (χ1) is 12.7. The molecule has 1 aromatic carbocycles. The predicted molar refractivity (Wildman–Crippen MR) is 102 cm³/mol. The van der Waals surface area contributed by atoms with Gasteiger partial charge in [0.2, 0.25) is 10.0 Å². The van der Waals surface area contributed by atoms with E-state index < -0.39 is 22.5 Å². The molecule has 0 spiro atoms. The van der Waals surface area contributed by atoms with Gasteiger partial charge in [0.25, 0.3) is 5.91 Å². The molecule has 1 aliphatic heterocycles. The lowest BCUT2D eigenvalue weighted by molar-refractivity contribution is -0.152. The highest BCUT2D eigenvalue weighted by Crippen LogP contribution is 2.19. The van der Waals surface area contributed by atoms with E-state index in [1.165, 1.54) is 6.07 Å². The summed E-state index contributed by atoms with van der Waals surface area (Å²) < 4.78 is 31.7. The molecular weight excluding hydrogens is 368 g/mol. The molecule has 0 aromatic heterocycles. The Kier molecular flexibility index (Phi) is 7.38. The maximum Gasteiger partial charge on any atom is 0.321 e. The Balaban J connectivity index is 1.84. The van der Waals surface area contributed by atoms with Crippen LogP contribution in [-0.4, -0.2) is 50.9 Å². The van der Waals surface area contributed by atoms with Crippen molar-refractivity contribution in [2.75, 3.05) is 19.7 Å². The number of rotatable bonds is 7. The standard InChI is InChI=1S/C19H28N2O5S/c1-4-16-7-5-6-10-21(16)18(22)13-26-19(23)12-20-27(24,25)17-9-8-14(2)15(3)11-17/h8-9,11,16,20H,4-7,10,12-13H2,1-3H3/t16-/m0/s1. The third-order valence-corrected chi connectivity index (χ3v) is 6.37. The molecule has 1 amide bonds. The fourth-order valence-electron chi connectivity index (χ4n) is 3.15. The Morgan fingerprint density at radius 1 is 1.22 bits per heavy atom. The molecule has 1 N–H and O–H groups in total. The van der Waals surface area contributed by atoms with Gasteiger partial charge in [-0.2, -0.15) is 4.72 Å². The van der Waals surface area contributed by atoms with Crippen LogP contribution in [0.4, 0.5) is 0 Å². The van der Waals surface area contributed by atoms with Crippen LogP contribution in [-0.2, 0) is 24.3 Å². The van der Waals surface area contributed by atoms with Gasteiger partial charge >= 0.3 is 5.97 Å². The van der Waals surface area contributed by atoms with Crippen molar-refractivity contribution in [2.24, 2.45) is 0 Å². The highest BCUT2D eigenvalue weighted by Gasteiger charge is 2.26. The van der Waals surface area contributed by atoms with Gasteiger partial charge in [-0.05, 0) is 62.8 Å². The monoisotopic (exact) mass is 396 g/mol. The molecule has 7 nitrogen and oxygen atoms in total. The molecule has 1 heterocycles. The van der Waals surface area contributed by atoms with Crippen LogP contribution in [0.2, 0.25) is 0 Å². The van der Waals surface area contributed by atoms with Gasteiger partial charge in [0.1, 0.15) is 6.54 Å². The molecule has 0 radical (unpaired) electrons. The number of likely N-dealkylation sites (tertiary alicyclic amines) is 1. The van der Waals surface area contributed by atoms with Gasteiger partial charge in [-0.25, -0.2) is 8.42 Å². The zero-order valence-corrected chi connectivity index (χ0v) is 17.0. The molecule has 150 valence electrons. The molecule has 1 saturated heterocycles. The van der Waals surface area contributed by atoms with E-state index in [-0.39, 0.29) is 23.5 Å². The molecule has 1 aliphatic rings. The summed E-state index contributed by atoms with van der Waals surface area (Å²) in [4.78, 5) is 26.0. The van der Waals surface area contributed by atoms with E-state index in [2.05, 4.69) is 4.72 Å². The van der Waals surface area contributed by atoms with Gasteiger partial charge in [0.15, 0.2) is 6.61 Å². The predicted octanol–water partition coefficient (Wildman–Crippen LogP) is 1.92. The molecule has 0 bridgehead atoms. The minimum atomic E-state index is -3.81. The second kappa shape index (κ2) is 9.32. The minimum absolute atomic E-state index is 0.0913. The number of nitrogens with zero attached hydrogens (tertiary/aromatic N) is 1. The van der Waals surface area contributed by atoms with Crippen molar-refractivity contribution in [3.63, 3.8) is 0 Å². The maximum atomic E-state index is 12.3. The summed E-state index contributed by atoms with van der Waals surface area (Å²) in [5.41, 5.74) is 1.83. The van der Waals surface area contributed by atoms with Crippen molar-refractivity contribution in [2.45, 2.75) is 57.4 Å². The van der Waals surface area contributed by atoms with Crippen molar-refractivity contribution in [1.29, 1.82) is 0 Å². The molecule has 8 heteroatoms. The van der Waals surface area contributed by atoms with Gasteiger partial charge in [0.05, 0.1) is 4.90 Å². The number of hydrogen-bond donors (Lipinski definition) is 1. The van der Waals surface area contributed by atoms with E-state index in [1.54, 1.807) is 17.0 Å². The molecule has 1 fully saturated rings. The van der Waals surface area contributed by atoms with Crippen LogP contribution >= 0.6 is 0 Å². The number of esters is 1. The van der Waals surface area contributed by atoms with E-state index >= 15 is 0 Å². The molecular formula is C19H28N2O5S. The Bertz CT molecular complexity index is 791. The Labute approximate surface area is 161 Å². The van der Waals surface area contributed by atoms with Crippen LogP contribution in [0.3, 0.4) is 0 Å². The van der Waals surface area contributed by atoms with Crippen molar-refractivity contribution < 1.29 is 22.7 Å². The Morgan fingerprint density at radius 3 is 2.63 bits per heavy atom. The first-order valence-corrected chi connectivity index (χ1v) is 10.7. The number of piperidine rings is 1. The number of sulfonamides is 1. The van der Waals surface area contributed by atoms with E-state index in [0.29, 0.717) is 6.54 Å². The van der Waals surface area contributed by atoms with Crippen molar-refractivity contribution in [3.05, 3.63) is 29.3 Å². The van der Waals surface area contributed by atoms with Crippen LogP contribution < -0.4 is 4.72 Å². The van der Waals surface area contributed by atoms with Gasteiger partial charge in [-0.3, -0.25) is 9.59 Å². The average Bonchev–Trinajstić information content (AvgIpc) is 2.66. The highest BCUT2D eigenvalue weighted by atomic mass is 32.2. The normalized spacial score (nSPS) is 17.6. The number of nitrogens with one attached hydrogen (secondary N) is 1. The van der Waals surface area contributed by atoms with Gasteiger partial charge in [0, 0.05) is 12.6 Å². The zero-order chi connectivity index (χ0) is 20.0. The topological polar surface area (TPSA) is 92.8 Å². The molecule has 1 atom stereocenters. The second-order valence-corrected chi connectivity index (χ2v) is 8.64. The van der Waals surface area contributed by atoms with E-state index in [1.807, 2.05) is 20.8 Å². The lowest BCUT2D eigenvalue weighted by Gasteiger charge is -2.35. The molecule has 0 aliphatic carbocycles. The largest absolute Gasteiger partial charge is 0.455 e. The van der Waals surface area contributed by atoms with Gasteiger partial charge in [-0.15, -0.1) is 0 Å². The number of benzene rings is 1. The molecule has 0 unspecified atom stereocenters. The number of carbonyl (C=O) groups excluding carboxylic acids is 2. The van der Waals surface area contributed by atoms with Crippen molar-refractivity contribution in [1.82, 2.24) is 9.62 Å². The molecule has 1 aromatic rings. The Morgan fingerprint density at radius 2 is 1.96 bits per heavy atom. The van der Waals surface area contributed by atoms with E-state index in [4.69, 9.17) is 4.74 Å². The van der Waals surface area contributed by atoms with Crippen LogP contribution in [0.25, 0.3) is 0 Å². The summed E-state index contributed by atoms with van der Waals surface area (Å²) in [6.07, 6.45) is 3.88. The first-order valence-electron chi connectivity index (χ1n) is 9.26. The van der Waals surface area contributed by atoms with Crippen LogP contribution in [0.5, 0.6) is 0 Å². The van der Waals surface area contributed by atoms with Gasteiger partial charge in [-0.1, -0.05) is 13.0 Å². The number of ether oxygens (including phenoxy) is 1. The summed E-state index contributed by atoms with van der Waals surface area (Å²) >= 11 is 0. The second-order valence-electron chi connectivity index (χ2n) is 6.88. The number of amides is 1. The van der Waals surface area contributed by atoms with Crippen LogP contribution in [0.15, 0.2) is 23.1 Å². The summed E-state index contributed by atoms with van der Waals surface area (Å²) in [7, 11) is -3.81. The number of carbonyl (C=O) groups is 2. The van der Waals surface area contributed by atoms with Crippen LogP contribution in [0.1, 0.15) is 43.7 Å². The SMILES string of the molecule is CC[C@H]1CCCCN1C(=O)COC(=O)CNS(=O)(=O)c1ccc(C)c(C)c1. The Hall–Kier alpha value is -1.93. The molecule has 2 rings (SSSR count). The fourth-order valence-corrected chi connectivity index (χ4v) is 4.20. The lowest BCUT2D eigenvalue weighted by atomic mass is 10.00. The smallest absolute Gasteiger partial charge is 0.321 e. The number of hydrogen-bond acceptors (Lipinski definition) is 5. The van der Waals surface area contributed by atoms with Crippen molar-refractivity contribution in [3.8, 4) is 0 Å². The number of aryl methyl sites for hydroxylation is 2. The summed E-state index contributed by atoms with van der Waals surface area (Å²) in [6, 6.07) is 4.94. The zero-order valence-electron chi connectivity index (χ0n) is 16.2. The summed E-state index contributed by atoms with van der Waals surface area (Å²) in [6.45, 7) is 5.54. The van der Waals surface area contributed by atoms with Gasteiger partial charge < -0.3 is 9.64 Å². The highest BCUT2D eigenvalue weighted by molar-refractivity contribution is 7.89. The third kappa shape index (κ3) is 5.77. The molecule has 27 heavy (non-hydrogen) atoms. The maximum absolute atomic E-state index is 12.3.